The standard InChI is InChI=1S/C26H24FN3O3/c1-30-26(32)22-6-4-3-5-21(22)24(29-30)16-25(31)28-23(15-17-7-11-19(27)12-8-17)18-9-13-20(33-2)14-10-18/h3-14,23H,15-16H2,1-2H3,(H,28,31). The molecule has 0 aliphatic carbocycles. The molecule has 0 aliphatic heterocycles. The van der Waals surface area contributed by atoms with Crippen LogP contribution in [0.4, 0.5) is 4.39 Å². The maximum atomic E-state index is 13.4. The van der Waals surface area contributed by atoms with E-state index in [1.165, 1.54) is 16.8 Å². The number of hydrogen-bond donors (Lipinski definition) is 1. The summed E-state index contributed by atoms with van der Waals surface area (Å²) >= 11 is 0. The maximum Gasteiger partial charge on any atom is 0.274 e. The number of nitrogens with one attached hydrogen (secondary N) is 1. The Kier molecular flexibility index (Phi) is 6.49. The highest BCUT2D eigenvalue weighted by Gasteiger charge is 2.18. The zero-order valence-corrected chi connectivity index (χ0v) is 18.4. The summed E-state index contributed by atoms with van der Waals surface area (Å²) in [5, 5.41) is 8.59. The zero-order chi connectivity index (χ0) is 23.4. The highest BCUT2D eigenvalue weighted by Crippen LogP contribution is 2.22. The molecule has 6 nitrogen and oxygen atoms in total. The minimum absolute atomic E-state index is 0.0186. The van der Waals surface area contributed by atoms with Gasteiger partial charge in [0.15, 0.2) is 0 Å². The number of nitrogens with zero attached hydrogens (tertiary/aromatic N) is 2. The van der Waals surface area contributed by atoms with Crippen molar-refractivity contribution in [3.8, 4) is 5.75 Å². The third kappa shape index (κ3) is 5.09. The van der Waals surface area contributed by atoms with Gasteiger partial charge in [0.05, 0.1) is 30.7 Å². The van der Waals surface area contributed by atoms with Crippen molar-refractivity contribution in [3.63, 3.8) is 0 Å². The molecule has 7 heteroatoms. The number of carbonyl (C=O) groups excluding carboxylic acids is 1. The summed E-state index contributed by atoms with van der Waals surface area (Å²) in [5.74, 6) is 0.178. The normalized spacial score (nSPS) is 11.8. The molecule has 4 aromatic rings. The Hall–Kier alpha value is -4.00. The minimum Gasteiger partial charge on any atom is -0.497 e. The van der Waals surface area contributed by atoms with Crippen molar-refractivity contribution in [2.45, 2.75) is 18.9 Å². The molecular formula is C26H24FN3O3. The van der Waals surface area contributed by atoms with Crippen molar-refractivity contribution >= 4 is 16.7 Å². The monoisotopic (exact) mass is 445 g/mol. The number of benzene rings is 3. The lowest BCUT2D eigenvalue weighted by molar-refractivity contribution is -0.121. The summed E-state index contributed by atoms with van der Waals surface area (Å²) in [4.78, 5) is 25.5. The molecule has 1 aromatic heterocycles. The molecule has 1 unspecified atom stereocenters. The van der Waals surface area contributed by atoms with Gasteiger partial charge in [-0.25, -0.2) is 9.07 Å². The summed E-state index contributed by atoms with van der Waals surface area (Å²) in [5.41, 5.74) is 2.11. The fourth-order valence-electron chi connectivity index (χ4n) is 3.85. The van der Waals surface area contributed by atoms with Crippen molar-refractivity contribution in [1.82, 2.24) is 15.1 Å². The Labute approximate surface area is 190 Å². The van der Waals surface area contributed by atoms with Crippen molar-refractivity contribution in [3.05, 3.63) is 106 Å². The number of fused-ring (bicyclic) bond motifs is 1. The first kappa shape index (κ1) is 22.2. The largest absolute Gasteiger partial charge is 0.497 e. The molecule has 0 bridgehead atoms. The van der Waals surface area contributed by atoms with E-state index in [2.05, 4.69) is 10.4 Å². The van der Waals surface area contributed by atoms with E-state index in [1.807, 2.05) is 30.3 Å². The van der Waals surface area contributed by atoms with Gasteiger partial charge >= 0.3 is 0 Å². The average molecular weight is 445 g/mol. The Morgan fingerprint density at radius 1 is 1.03 bits per heavy atom. The van der Waals surface area contributed by atoms with Crippen molar-refractivity contribution < 1.29 is 13.9 Å². The molecule has 0 saturated heterocycles. The molecule has 1 atom stereocenters. The van der Waals surface area contributed by atoms with E-state index >= 15 is 0 Å². The van der Waals surface area contributed by atoms with Gasteiger partial charge in [-0.3, -0.25) is 9.59 Å². The van der Waals surface area contributed by atoms with Crippen LogP contribution >= 0.6 is 0 Å². The summed E-state index contributed by atoms with van der Waals surface area (Å²) in [6.45, 7) is 0. The van der Waals surface area contributed by atoms with Gasteiger partial charge in [-0.05, 0) is 47.9 Å². The SMILES string of the molecule is COc1ccc(C(Cc2ccc(F)cc2)NC(=O)Cc2nn(C)c(=O)c3ccccc23)cc1. The molecule has 1 heterocycles. The van der Waals surface area contributed by atoms with Gasteiger partial charge in [0.1, 0.15) is 11.6 Å². The number of aryl methyl sites for hydroxylation is 1. The van der Waals surface area contributed by atoms with Crippen LogP contribution in [-0.2, 0) is 24.7 Å². The Balaban J connectivity index is 1.61. The van der Waals surface area contributed by atoms with Crippen LogP contribution in [0.15, 0.2) is 77.6 Å². The summed E-state index contributed by atoms with van der Waals surface area (Å²) in [6, 6.07) is 20.5. The van der Waals surface area contributed by atoms with Crippen LogP contribution in [0.3, 0.4) is 0 Å². The summed E-state index contributed by atoms with van der Waals surface area (Å²) in [6.07, 6.45) is 0.504. The van der Waals surface area contributed by atoms with Gasteiger partial charge in [-0.15, -0.1) is 0 Å². The number of halogens is 1. The predicted octanol–water partition coefficient (Wildman–Crippen LogP) is 3.72. The second-order valence-electron chi connectivity index (χ2n) is 7.82. The fraction of sp³-hybridized carbons (Fsp3) is 0.192. The van der Waals surface area contributed by atoms with Gasteiger partial charge in [0.25, 0.3) is 5.56 Å². The Bertz CT molecular complexity index is 1330. The van der Waals surface area contributed by atoms with E-state index in [0.717, 1.165) is 11.1 Å². The number of amides is 1. The smallest absolute Gasteiger partial charge is 0.274 e. The molecule has 0 aliphatic rings. The first-order valence-corrected chi connectivity index (χ1v) is 10.6. The fourth-order valence-corrected chi connectivity index (χ4v) is 3.85. The molecule has 0 spiro atoms. The third-order valence-electron chi connectivity index (χ3n) is 5.57. The van der Waals surface area contributed by atoms with Crippen molar-refractivity contribution in [2.24, 2.45) is 7.05 Å². The predicted molar refractivity (Wildman–Crippen MR) is 125 cm³/mol. The zero-order valence-electron chi connectivity index (χ0n) is 18.4. The number of carbonyl (C=O) groups is 1. The van der Waals surface area contributed by atoms with Crippen LogP contribution in [-0.4, -0.2) is 22.8 Å². The van der Waals surface area contributed by atoms with Crippen LogP contribution < -0.4 is 15.6 Å². The molecule has 168 valence electrons. The molecule has 1 N–H and O–H groups in total. The van der Waals surface area contributed by atoms with Crippen LogP contribution in [0.1, 0.15) is 22.9 Å². The van der Waals surface area contributed by atoms with Crippen LogP contribution in [0, 0.1) is 5.82 Å². The van der Waals surface area contributed by atoms with Crippen LogP contribution in [0.25, 0.3) is 10.8 Å². The van der Waals surface area contributed by atoms with Crippen molar-refractivity contribution in [2.75, 3.05) is 7.11 Å². The summed E-state index contributed by atoms with van der Waals surface area (Å²) < 4.78 is 19.8. The number of rotatable bonds is 7. The lowest BCUT2D eigenvalue weighted by Crippen LogP contribution is -2.32. The summed E-state index contributed by atoms with van der Waals surface area (Å²) in [7, 11) is 3.17. The quantitative estimate of drug-likeness (QED) is 0.471. The maximum absolute atomic E-state index is 13.4. The first-order valence-electron chi connectivity index (χ1n) is 10.6. The number of aromatic nitrogens is 2. The van der Waals surface area contributed by atoms with Gasteiger partial charge in [-0.2, -0.15) is 5.10 Å². The molecule has 1 amide bonds. The third-order valence-corrected chi connectivity index (χ3v) is 5.57. The Morgan fingerprint density at radius 3 is 2.36 bits per heavy atom. The van der Waals surface area contributed by atoms with Crippen LogP contribution in [0.5, 0.6) is 5.75 Å². The van der Waals surface area contributed by atoms with Gasteiger partial charge in [0, 0.05) is 12.4 Å². The number of methoxy groups -OCH3 is 1. The second kappa shape index (κ2) is 9.65. The van der Waals surface area contributed by atoms with Crippen molar-refractivity contribution in [1.29, 1.82) is 0 Å². The molecule has 0 radical (unpaired) electrons. The van der Waals surface area contributed by atoms with Gasteiger partial charge in [-0.1, -0.05) is 42.5 Å². The highest BCUT2D eigenvalue weighted by molar-refractivity contribution is 5.88. The number of ether oxygens (including phenoxy) is 1. The molecule has 0 saturated carbocycles. The molecule has 3 aromatic carbocycles. The minimum atomic E-state index is -0.340. The highest BCUT2D eigenvalue weighted by atomic mass is 19.1. The van der Waals surface area contributed by atoms with E-state index in [0.29, 0.717) is 28.6 Å². The lowest BCUT2D eigenvalue weighted by Gasteiger charge is -2.20. The number of hydrogen-bond acceptors (Lipinski definition) is 4. The molecule has 4 rings (SSSR count). The van der Waals surface area contributed by atoms with E-state index in [4.69, 9.17) is 4.74 Å². The van der Waals surface area contributed by atoms with E-state index < -0.39 is 0 Å². The van der Waals surface area contributed by atoms with E-state index in [9.17, 15) is 14.0 Å². The molecular weight excluding hydrogens is 421 g/mol. The van der Waals surface area contributed by atoms with Crippen LogP contribution in [0.2, 0.25) is 0 Å². The van der Waals surface area contributed by atoms with Gasteiger partial charge in [0.2, 0.25) is 5.91 Å². The lowest BCUT2D eigenvalue weighted by atomic mass is 9.98. The Morgan fingerprint density at radius 2 is 1.70 bits per heavy atom. The van der Waals surface area contributed by atoms with E-state index in [-0.39, 0.29) is 29.7 Å². The second-order valence-corrected chi connectivity index (χ2v) is 7.82. The average Bonchev–Trinajstić information content (AvgIpc) is 2.83. The van der Waals surface area contributed by atoms with E-state index in [1.54, 1.807) is 44.5 Å². The molecule has 0 fully saturated rings. The molecule has 33 heavy (non-hydrogen) atoms. The topological polar surface area (TPSA) is 73.2 Å². The van der Waals surface area contributed by atoms with Gasteiger partial charge < -0.3 is 10.1 Å². The first-order chi connectivity index (χ1) is 15.9.